The van der Waals surface area contributed by atoms with Crippen molar-refractivity contribution in [1.29, 1.82) is 0 Å². The lowest BCUT2D eigenvalue weighted by molar-refractivity contribution is 0.187. The summed E-state index contributed by atoms with van der Waals surface area (Å²) in [6.45, 7) is 2.82. The summed E-state index contributed by atoms with van der Waals surface area (Å²) >= 11 is 3.51. The third-order valence-corrected chi connectivity index (χ3v) is 3.17. The predicted octanol–water partition coefficient (Wildman–Crippen LogP) is 2.90. The monoisotopic (exact) mass is 255 g/mol. The van der Waals surface area contributed by atoms with Gasteiger partial charge in [-0.1, -0.05) is 12.1 Å². The summed E-state index contributed by atoms with van der Waals surface area (Å²) < 4.78 is 6.45. The second-order valence-corrected chi connectivity index (χ2v) is 4.44. The molecule has 1 unspecified atom stereocenters. The first kappa shape index (κ1) is 9.99. The van der Waals surface area contributed by atoms with Gasteiger partial charge >= 0.3 is 0 Å². The molecule has 0 aliphatic carbocycles. The Morgan fingerprint density at radius 2 is 2.29 bits per heavy atom. The van der Waals surface area contributed by atoms with Gasteiger partial charge in [0, 0.05) is 29.2 Å². The van der Waals surface area contributed by atoms with Crippen LogP contribution in [0.1, 0.15) is 6.42 Å². The highest BCUT2D eigenvalue weighted by Gasteiger charge is 2.15. The number of para-hydroxylation sites is 1. The second kappa shape index (κ2) is 4.80. The predicted molar refractivity (Wildman–Crippen MR) is 61.6 cm³/mol. The maximum absolute atomic E-state index is 5.32. The maximum Gasteiger partial charge on any atom is 0.0511 e. The molecule has 1 aromatic carbocycles. The van der Waals surface area contributed by atoms with Crippen LogP contribution in [0.5, 0.6) is 0 Å². The standard InChI is InChI=1S/C11H14BrNO/c12-10-3-1-2-4-11(10)13-7-9-5-6-14-8-9/h1-4,9,13H,5-8H2. The molecule has 1 fully saturated rings. The smallest absolute Gasteiger partial charge is 0.0511 e. The minimum Gasteiger partial charge on any atom is -0.384 e. The number of hydrogen-bond acceptors (Lipinski definition) is 2. The van der Waals surface area contributed by atoms with Crippen LogP contribution in [0, 0.1) is 5.92 Å². The third-order valence-electron chi connectivity index (χ3n) is 2.48. The molecule has 2 nitrogen and oxygen atoms in total. The van der Waals surface area contributed by atoms with Crippen molar-refractivity contribution in [3.63, 3.8) is 0 Å². The van der Waals surface area contributed by atoms with Gasteiger partial charge in [-0.3, -0.25) is 0 Å². The van der Waals surface area contributed by atoms with Crippen molar-refractivity contribution in [3.8, 4) is 0 Å². The summed E-state index contributed by atoms with van der Waals surface area (Å²) in [6.07, 6.45) is 1.18. The second-order valence-electron chi connectivity index (χ2n) is 3.59. The van der Waals surface area contributed by atoms with E-state index in [0.29, 0.717) is 5.92 Å². The molecule has 3 heteroatoms. The molecule has 1 heterocycles. The summed E-state index contributed by atoms with van der Waals surface area (Å²) in [5, 5.41) is 3.43. The Labute approximate surface area is 92.8 Å². The summed E-state index contributed by atoms with van der Waals surface area (Å²) in [6, 6.07) is 8.19. The van der Waals surface area contributed by atoms with E-state index >= 15 is 0 Å². The Balaban J connectivity index is 1.88. The van der Waals surface area contributed by atoms with Gasteiger partial charge < -0.3 is 10.1 Å². The molecular formula is C11H14BrNO. The van der Waals surface area contributed by atoms with Gasteiger partial charge in [0.25, 0.3) is 0 Å². The third kappa shape index (κ3) is 2.49. The fourth-order valence-electron chi connectivity index (χ4n) is 1.60. The average molecular weight is 256 g/mol. The lowest BCUT2D eigenvalue weighted by atomic mass is 10.1. The van der Waals surface area contributed by atoms with Gasteiger partial charge in [-0.2, -0.15) is 0 Å². The van der Waals surface area contributed by atoms with E-state index in [9.17, 15) is 0 Å². The fraction of sp³-hybridized carbons (Fsp3) is 0.455. The van der Waals surface area contributed by atoms with Gasteiger partial charge in [0.15, 0.2) is 0 Å². The van der Waals surface area contributed by atoms with Gasteiger partial charge in [-0.15, -0.1) is 0 Å². The number of hydrogen-bond donors (Lipinski definition) is 1. The number of halogens is 1. The van der Waals surface area contributed by atoms with Crippen molar-refractivity contribution in [2.75, 3.05) is 25.1 Å². The van der Waals surface area contributed by atoms with Crippen LogP contribution < -0.4 is 5.32 Å². The van der Waals surface area contributed by atoms with Crippen LogP contribution in [0.25, 0.3) is 0 Å². The van der Waals surface area contributed by atoms with Crippen LogP contribution in [0.4, 0.5) is 5.69 Å². The van der Waals surface area contributed by atoms with Crippen molar-refractivity contribution >= 4 is 21.6 Å². The van der Waals surface area contributed by atoms with Crippen molar-refractivity contribution < 1.29 is 4.74 Å². The average Bonchev–Trinajstić information content (AvgIpc) is 2.69. The molecule has 1 aromatic rings. The first-order valence-corrected chi connectivity index (χ1v) is 5.71. The van der Waals surface area contributed by atoms with E-state index in [2.05, 4.69) is 27.3 Å². The van der Waals surface area contributed by atoms with Crippen LogP contribution in [-0.2, 0) is 4.74 Å². The molecule has 1 aliphatic heterocycles. The highest BCUT2D eigenvalue weighted by molar-refractivity contribution is 9.10. The lowest BCUT2D eigenvalue weighted by Crippen LogP contribution is -2.14. The molecule has 1 atom stereocenters. The SMILES string of the molecule is Brc1ccccc1NCC1CCOC1. The van der Waals surface area contributed by atoms with Gasteiger partial charge in [0.1, 0.15) is 0 Å². The van der Waals surface area contributed by atoms with E-state index < -0.39 is 0 Å². The molecule has 2 rings (SSSR count). The Kier molecular flexibility index (Phi) is 3.43. The number of anilines is 1. The Morgan fingerprint density at radius 3 is 3.00 bits per heavy atom. The van der Waals surface area contributed by atoms with Crippen LogP contribution in [0.3, 0.4) is 0 Å². The molecule has 0 bridgehead atoms. The number of rotatable bonds is 3. The molecule has 76 valence electrons. The van der Waals surface area contributed by atoms with Crippen LogP contribution in [0.15, 0.2) is 28.7 Å². The first-order chi connectivity index (χ1) is 6.86. The summed E-state index contributed by atoms with van der Waals surface area (Å²) in [7, 11) is 0. The maximum atomic E-state index is 5.32. The topological polar surface area (TPSA) is 21.3 Å². The summed E-state index contributed by atoms with van der Waals surface area (Å²) in [4.78, 5) is 0. The zero-order chi connectivity index (χ0) is 9.80. The molecule has 0 aromatic heterocycles. The van der Waals surface area contributed by atoms with Crippen molar-refractivity contribution in [1.82, 2.24) is 0 Å². The number of benzene rings is 1. The number of ether oxygens (including phenoxy) is 1. The molecular weight excluding hydrogens is 242 g/mol. The summed E-state index contributed by atoms with van der Waals surface area (Å²) in [5.41, 5.74) is 1.17. The molecule has 0 radical (unpaired) electrons. The Hall–Kier alpha value is -0.540. The van der Waals surface area contributed by atoms with Gasteiger partial charge in [-0.25, -0.2) is 0 Å². The lowest BCUT2D eigenvalue weighted by Gasteiger charge is -2.11. The Morgan fingerprint density at radius 1 is 1.43 bits per heavy atom. The highest BCUT2D eigenvalue weighted by atomic mass is 79.9. The van der Waals surface area contributed by atoms with E-state index in [1.165, 1.54) is 12.1 Å². The zero-order valence-electron chi connectivity index (χ0n) is 8.00. The summed E-state index contributed by atoms with van der Waals surface area (Å²) in [5.74, 6) is 0.669. The number of nitrogens with one attached hydrogen (secondary N) is 1. The zero-order valence-corrected chi connectivity index (χ0v) is 9.59. The van der Waals surface area contributed by atoms with Crippen molar-refractivity contribution in [2.45, 2.75) is 6.42 Å². The minimum atomic E-state index is 0.669. The van der Waals surface area contributed by atoms with Gasteiger partial charge in [-0.05, 0) is 34.5 Å². The molecule has 0 spiro atoms. The fourth-order valence-corrected chi connectivity index (χ4v) is 2.03. The molecule has 1 N–H and O–H groups in total. The van der Waals surface area contributed by atoms with E-state index in [1.807, 2.05) is 18.2 Å². The van der Waals surface area contributed by atoms with Crippen LogP contribution >= 0.6 is 15.9 Å². The van der Waals surface area contributed by atoms with E-state index in [-0.39, 0.29) is 0 Å². The molecule has 1 aliphatic rings. The van der Waals surface area contributed by atoms with Crippen molar-refractivity contribution in [3.05, 3.63) is 28.7 Å². The quantitative estimate of drug-likeness (QED) is 0.897. The minimum absolute atomic E-state index is 0.669. The van der Waals surface area contributed by atoms with Crippen LogP contribution in [-0.4, -0.2) is 19.8 Å². The van der Waals surface area contributed by atoms with Gasteiger partial charge in [0.05, 0.1) is 6.61 Å². The van der Waals surface area contributed by atoms with E-state index in [4.69, 9.17) is 4.74 Å². The molecule has 14 heavy (non-hydrogen) atoms. The largest absolute Gasteiger partial charge is 0.384 e. The molecule has 1 saturated heterocycles. The van der Waals surface area contributed by atoms with E-state index in [1.54, 1.807) is 0 Å². The van der Waals surface area contributed by atoms with Crippen LogP contribution in [0.2, 0.25) is 0 Å². The van der Waals surface area contributed by atoms with E-state index in [0.717, 1.165) is 24.2 Å². The highest BCUT2D eigenvalue weighted by Crippen LogP contribution is 2.22. The molecule has 0 amide bonds. The first-order valence-electron chi connectivity index (χ1n) is 4.92. The van der Waals surface area contributed by atoms with Gasteiger partial charge in [0.2, 0.25) is 0 Å². The Bertz CT molecular complexity index is 297. The normalized spacial score (nSPS) is 21.1. The van der Waals surface area contributed by atoms with Crippen molar-refractivity contribution in [2.24, 2.45) is 5.92 Å². The molecule has 0 saturated carbocycles.